The molecule has 3 atom stereocenters. The molecule has 3 heteroatoms. The van der Waals surface area contributed by atoms with Gasteiger partial charge in [0.1, 0.15) is 0 Å². The molecule has 2 aliphatic rings. The molecule has 9 heavy (non-hydrogen) atoms. The molecular formula is C6H8F2O. The van der Waals surface area contributed by atoms with E-state index >= 15 is 0 Å². The highest BCUT2D eigenvalue weighted by molar-refractivity contribution is 5.11. The summed E-state index contributed by atoms with van der Waals surface area (Å²) in [6.45, 7) is 0. The predicted molar refractivity (Wildman–Crippen MR) is 27.2 cm³/mol. The number of aliphatic hydroxyl groups is 1. The van der Waals surface area contributed by atoms with Gasteiger partial charge in [-0.3, -0.25) is 0 Å². The maximum atomic E-state index is 12.3. The Kier molecular flexibility index (Phi) is 0.799. The summed E-state index contributed by atoms with van der Waals surface area (Å²) in [5, 5.41) is 8.83. The summed E-state index contributed by atoms with van der Waals surface area (Å²) in [4.78, 5) is 0. The van der Waals surface area contributed by atoms with Crippen molar-refractivity contribution in [1.29, 1.82) is 0 Å². The van der Waals surface area contributed by atoms with Crippen LogP contribution in [0.5, 0.6) is 0 Å². The standard InChI is InChI=1S/C6H8F2O/c7-6(8)4-1-3(9)2-5(4)6/h3-5,9H,1-2H2/t3?,4-,5?/m0/s1. The Morgan fingerprint density at radius 1 is 1.22 bits per heavy atom. The van der Waals surface area contributed by atoms with Crippen LogP contribution >= 0.6 is 0 Å². The molecule has 1 N–H and O–H groups in total. The van der Waals surface area contributed by atoms with Gasteiger partial charge >= 0.3 is 0 Å². The third kappa shape index (κ3) is 0.556. The first-order chi connectivity index (χ1) is 4.12. The molecule has 52 valence electrons. The number of aliphatic hydroxyl groups excluding tert-OH is 1. The van der Waals surface area contributed by atoms with Crippen molar-refractivity contribution in [3.63, 3.8) is 0 Å². The van der Waals surface area contributed by atoms with Crippen molar-refractivity contribution in [2.75, 3.05) is 0 Å². The Labute approximate surface area is 51.7 Å². The van der Waals surface area contributed by atoms with Gasteiger partial charge in [-0.05, 0) is 12.8 Å². The molecule has 0 aliphatic heterocycles. The van der Waals surface area contributed by atoms with Crippen LogP contribution < -0.4 is 0 Å². The van der Waals surface area contributed by atoms with Gasteiger partial charge in [-0.1, -0.05) is 0 Å². The Morgan fingerprint density at radius 2 is 1.67 bits per heavy atom. The zero-order chi connectivity index (χ0) is 6.65. The Morgan fingerprint density at radius 3 is 2.00 bits per heavy atom. The number of fused-ring (bicyclic) bond motifs is 1. The second-order valence-electron chi connectivity index (χ2n) is 3.01. The zero-order valence-corrected chi connectivity index (χ0v) is 4.85. The van der Waals surface area contributed by atoms with E-state index < -0.39 is 23.9 Å². The Hall–Kier alpha value is -0.180. The minimum Gasteiger partial charge on any atom is -0.393 e. The highest BCUT2D eigenvalue weighted by Crippen LogP contribution is 2.63. The van der Waals surface area contributed by atoms with E-state index in [4.69, 9.17) is 5.11 Å². The summed E-state index contributed by atoms with van der Waals surface area (Å²) in [5.41, 5.74) is 0. The molecule has 0 aromatic carbocycles. The molecule has 0 aromatic rings. The van der Waals surface area contributed by atoms with Crippen molar-refractivity contribution >= 4 is 0 Å². The second kappa shape index (κ2) is 1.29. The number of hydrogen-bond acceptors (Lipinski definition) is 1. The van der Waals surface area contributed by atoms with Gasteiger partial charge in [-0.15, -0.1) is 0 Å². The fourth-order valence-corrected chi connectivity index (χ4v) is 1.79. The van der Waals surface area contributed by atoms with Crippen LogP contribution in [0.2, 0.25) is 0 Å². The van der Waals surface area contributed by atoms with Gasteiger partial charge in [0.15, 0.2) is 0 Å². The minimum atomic E-state index is -2.42. The van der Waals surface area contributed by atoms with E-state index in [0.717, 1.165) is 0 Å². The predicted octanol–water partition coefficient (Wildman–Crippen LogP) is 1.02. The van der Waals surface area contributed by atoms with Gasteiger partial charge in [0.25, 0.3) is 5.92 Å². The quantitative estimate of drug-likeness (QED) is 0.524. The lowest BCUT2D eigenvalue weighted by atomic mass is 10.2. The number of hydrogen-bond donors (Lipinski definition) is 1. The first kappa shape index (κ1) is 5.59. The van der Waals surface area contributed by atoms with Crippen LogP contribution in [0.15, 0.2) is 0 Å². The van der Waals surface area contributed by atoms with E-state index in [1.54, 1.807) is 0 Å². The van der Waals surface area contributed by atoms with Gasteiger partial charge in [0.05, 0.1) is 6.10 Å². The highest BCUT2D eigenvalue weighted by Gasteiger charge is 2.71. The SMILES string of the molecule is OC1CC2[C@H](C1)C2(F)F. The van der Waals surface area contributed by atoms with Crippen molar-refractivity contribution in [2.45, 2.75) is 24.9 Å². The van der Waals surface area contributed by atoms with Crippen molar-refractivity contribution in [3.8, 4) is 0 Å². The minimum absolute atomic E-state index is 0.317. The molecule has 2 rings (SSSR count). The summed E-state index contributed by atoms with van der Waals surface area (Å²) in [5.74, 6) is -3.38. The molecule has 0 saturated heterocycles. The smallest absolute Gasteiger partial charge is 0.254 e. The molecule has 0 bridgehead atoms. The third-order valence-electron chi connectivity index (χ3n) is 2.42. The number of alkyl halides is 2. The lowest BCUT2D eigenvalue weighted by Gasteiger charge is -2.05. The van der Waals surface area contributed by atoms with Crippen molar-refractivity contribution in [2.24, 2.45) is 11.8 Å². The van der Waals surface area contributed by atoms with Crippen LogP contribution in [-0.4, -0.2) is 17.1 Å². The number of rotatable bonds is 0. The monoisotopic (exact) mass is 134 g/mol. The largest absolute Gasteiger partial charge is 0.393 e. The maximum absolute atomic E-state index is 12.3. The van der Waals surface area contributed by atoms with Crippen LogP contribution in [-0.2, 0) is 0 Å². The van der Waals surface area contributed by atoms with Crippen LogP contribution in [0.3, 0.4) is 0 Å². The van der Waals surface area contributed by atoms with Crippen LogP contribution in [0.4, 0.5) is 8.78 Å². The van der Waals surface area contributed by atoms with Gasteiger partial charge in [-0.2, -0.15) is 0 Å². The van der Waals surface area contributed by atoms with Crippen LogP contribution in [0, 0.1) is 11.8 Å². The summed E-state index contributed by atoms with van der Waals surface area (Å²) in [6.07, 6.45) is 0.189. The molecule has 2 aliphatic carbocycles. The lowest BCUT2D eigenvalue weighted by molar-refractivity contribution is 0.0406. The summed E-state index contributed by atoms with van der Waals surface area (Å²) >= 11 is 0. The summed E-state index contributed by atoms with van der Waals surface area (Å²) < 4.78 is 24.6. The maximum Gasteiger partial charge on any atom is 0.254 e. The van der Waals surface area contributed by atoms with E-state index in [0.29, 0.717) is 12.8 Å². The van der Waals surface area contributed by atoms with Crippen molar-refractivity contribution < 1.29 is 13.9 Å². The Balaban J connectivity index is 2.06. The molecule has 2 fully saturated rings. The van der Waals surface area contributed by atoms with Crippen molar-refractivity contribution in [3.05, 3.63) is 0 Å². The molecule has 0 radical (unpaired) electrons. The number of halogens is 2. The first-order valence-electron chi connectivity index (χ1n) is 3.18. The lowest BCUT2D eigenvalue weighted by Crippen LogP contribution is -2.10. The first-order valence-corrected chi connectivity index (χ1v) is 3.18. The molecule has 0 amide bonds. The zero-order valence-electron chi connectivity index (χ0n) is 4.85. The van der Waals surface area contributed by atoms with E-state index in [2.05, 4.69) is 0 Å². The molecule has 1 nitrogen and oxygen atoms in total. The van der Waals surface area contributed by atoms with Crippen LogP contribution in [0.25, 0.3) is 0 Å². The molecule has 0 spiro atoms. The topological polar surface area (TPSA) is 20.2 Å². The van der Waals surface area contributed by atoms with Crippen LogP contribution in [0.1, 0.15) is 12.8 Å². The highest BCUT2D eigenvalue weighted by atomic mass is 19.3. The molecule has 0 aromatic heterocycles. The third-order valence-corrected chi connectivity index (χ3v) is 2.42. The van der Waals surface area contributed by atoms with E-state index in [-0.39, 0.29) is 0 Å². The molecular weight excluding hydrogens is 126 g/mol. The van der Waals surface area contributed by atoms with E-state index in [9.17, 15) is 8.78 Å². The van der Waals surface area contributed by atoms with Gasteiger partial charge in [0.2, 0.25) is 0 Å². The van der Waals surface area contributed by atoms with Gasteiger partial charge < -0.3 is 5.11 Å². The fraction of sp³-hybridized carbons (Fsp3) is 1.00. The van der Waals surface area contributed by atoms with E-state index in [1.807, 2.05) is 0 Å². The molecule has 2 unspecified atom stereocenters. The normalized spacial score (nSPS) is 53.0. The average molecular weight is 134 g/mol. The summed E-state index contributed by atoms with van der Waals surface area (Å²) in [7, 11) is 0. The second-order valence-corrected chi connectivity index (χ2v) is 3.01. The van der Waals surface area contributed by atoms with Gasteiger partial charge in [0, 0.05) is 11.8 Å². The average Bonchev–Trinajstić information content (AvgIpc) is 2.27. The van der Waals surface area contributed by atoms with Crippen molar-refractivity contribution in [1.82, 2.24) is 0 Å². The molecule has 0 heterocycles. The summed E-state index contributed by atoms with van der Waals surface area (Å²) in [6, 6.07) is 0. The Bertz CT molecular complexity index is 132. The molecule has 2 saturated carbocycles. The fourth-order valence-electron chi connectivity index (χ4n) is 1.79. The van der Waals surface area contributed by atoms with E-state index in [1.165, 1.54) is 0 Å². The van der Waals surface area contributed by atoms with Gasteiger partial charge in [-0.25, -0.2) is 8.78 Å².